The van der Waals surface area contributed by atoms with Crippen LogP contribution in [0.1, 0.15) is 43.0 Å². The Hall–Kier alpha value is -2.44. The Labute approximate surface area is 153 Å². The van der Waals surface area contributed by atoms with Gasteiger partial charge in [-0.15, -0.1) is 0 Å². The lowest BCUT2D eigenvalue weighted by Crippen LogP contribution is -2.44. The average Bonchev–Trinajstić information content (AvgIpc) is 2.65. The fourth-order valence-corrected chi connectivity index (χ4v) is 2.97. The van der Waals surface area contributed by atoms with Gasteiger partial charge in [0.2, 0.25) is 11.8 Å². The molecule has 1 fully saturated rings. The molecule has 1 aromatic carbocycles. The summed E-state index contributed by atoms with van der Waals surface area (Å²) in [6.07, 6.45) is 2.74. The van der Waals surface area contributed by atoms with E-state index in [4.69, 9.17) is 0 Å². The van der Waals surface area contributed by atoms with Gasteiger partial charge in [0, 0.05) is 44.1 Å². The van der Waals surface area contributed by atoms with Crippen LogP contribution in [0.4, 0.5) is 4.39 Å². The van der Waals surface area contributed by atoms with Gasteiger partial charge in [-0.2, -0.15) is 0 Å². The van der Waals surface area contributed by atoms with Crippen LogP contribution in [0.15, 0.2) is 24.3 Å². The average molecular weight is 363 g/mol. The highest BCUT2D eigenvalue weighted by Crippen LogP contribution is 2.18. The predicted octanol–water partition coefficient (Wildman–Crippen LogP) is 1.71. The van der Waals surface area contributed by atoms with Crippen LogP contribution < -0.4 is 10.6 Å². The van der Waals surface area contributed by atoms with Gasteiger partial charge < -0.3 is 15.5 Å². The molecule has 0 radical (unpaired) electrons. The van der Waals surface area contributed by atoms with Gasteiger partial charge >= 0.3 is 0 Å². The van der Waals surface area contributed by atoms with Gasteiger partial charge in [-0.1, -0.05) is 6.92 Å². The molecule has 1 saturated heterocycles. The molecule has 0 saturated carbocycles. The second kappa shape index (κ2) is 9.89. The van der Waals surface area contributed by atoms with E-state index in [9.17, 15) is 18.8 Å². The number of rotatable bonds is 7. The molecule has 1 heterocycles. The van der Waals surface area contributed by atoms with Crippen LogP contribution in [0.5, 0.6) is 0 Å². The summed E-state index contributed by atoms with van der Waals surface area (Å²) < 4.78 is 12.8. The van der Waals surface area contributed by atoms with E-state index in [0.717, 1.165) is 6.42 Å². The number of piperidine rings is 1. The quantitative estimate of drug-likeness (QED) is 0.724. The Morgan fingerprint density at radius 3 is 2.31 bits per heavy atom. The number of halogens is 1. The highest BCUT2D eigenvalue weighted by Gasteiger charge is 2.26. The normalized spacial score (nSPS) is 14.8. The van der Waals surface area contributed by atoms with Gasteiger partial charge in [0.25, 0.3) is 5.91 Å². The molecule has 0 unspecified atom stereocenters. The summed E-state index contributed by atoms with van der Waals surface area (Å²) in [5.41, 5.74) is 0.377. The Kier molecular flexibility index (Phi) is 7.56. The first-order valence-electron chi connectivity index (χ1n) is 9.10. The first kappa shape index (κ1) is 19.9. The van der Waals surface area contributed by atoms with Crippen LogP contribution in [-0.2, 0) is 9.59 Å². The molecule has 2 rings (SSSR count). The number of amides is 3. The molecular weight excluding hydrogens is 337 g/mol. The first-order chi connectivity index (χ1) is 12.5. The number of carbonyl (C=O) groups excluding carboxylic acids is 3. The Bertz CT molecular complexity index is 625. The molecule has 0 spiro atoms. The lowest BCUT2D eigenvalue weighted by molar-refractivity contribution is -0.135. The summed E-state index contributed by atoms with van der Waals surface area (Å²) in [6, 6.07) is 5.29. The maximum atomic E-state index is 12.8. The van der Waals surface area contributed by atoms with E-state index in [1.807, 2.05) is 11.8 Å². The molecule has 1 aromatic rings. The summed E-state index contributed by atoms with van der Waals surface area (Å²) in [7, 11) is 0. The van der Waals surface area contributed by atoms with Gasteiger partial charge in [-0.3, -0.25) is 14.4 Å². The number of hydrogen-bond donors (Lipinski definition) is 2. The molecular formula is C19H26FN3O3. The molecule has 142 valence electrons. The Morgan fingerprint density at radius 1 is 1.08 bits per heavy atom. The fraction of sp³-hybridized carbons (Fsp3) is 0.526. The van der Waals surface area contributed by atoms with E-state index in [0.29, 0.717) is 51.0 Å². The van der Waals surface area contributed by atoms with Crippen LogP contribution in [0, 0.1) is 11.7 Å². The van der Waals surface area contributed by atoms with Crippen LogP contribution in [0.3, 0.4) is 0 Å². The second-order valence-corrected chi connectivity index (χ2v) is 6.46. The molecule has 0 atom stereocenters. The molecule has 7 heteroatoms. The van der Waals surface area contributed by atoms with E-state index >= 15 is 0 Å². The predicted molar refractivity (Wildman–Crippen MR) is 96.0 cm³/mol. The fourth-order valence-electron chi connectivity index (χ4n) is 2.97. The standard InChI is InChI=1S/C19H26FN3O3/c1-2-3-17(24)23-12-8-15(9-13-23)19(26)22-11-10-21-18(25)14-4-6-16(20)7-5-14/h4-7,15H,2-3,8-13H2,1H3,(H,21,25)(H,22,26). The highest BCUT2D eigenvalue weighted by molar-refractivity contribution is 5.94. The smallest absolute Gasteiger partial charge is 0.251 e. The number of benzene rings is 1. The Balaban J connectivity index is 1.64. The summed E-state index contributed by atoms with van der Waals surface area (Å²) >= 11 is 0. The SMILES string of the molecule is CCCC(=O)N1CCC(C(=O)NCCNC(=O)c2ccc(F)cc2)CC1. The molecule has 6 nitrogen and oxygen atoms in total. The summed E-state index contributed by atoms with van der Waals surface area (Å²) in [5.74, 6) is -0.662. The number of likely N-dealkylation sites (tertiary alicyclic amines) is 1. The summed E-state index contributed by atoms with van der Waals surface area (Å²) in [4.78, 5) is 37.7. The lowest BCUT2D eigenvalue weighted by Gasteiger charge is -2.31. The monoisotopic (exact) mass is 363 g/mol. The van der Waals surface area contributed by atoms with Crippen molar-refractivity contribution in [1.29, 1.82) is 0 Å². The van der Waals surface area contributed by atoms with Crippen LogP contribution in [0.25, 0.3) is 0 Å². The number of hydrogen-bond acceptors (Lipinski definition) is 3. The molecule has 1 aliphatic heterocycles. The molecule has 1 aliphatic rings. The van der Waals surface area contributed by atoms with Crippen LogP contribution >= 0.6 is 0 Å². The molecule has 26 heavy (non-hydrogen) atoms. The zero-order valence-electron chi connectivity index (χ0n) is 15.1. The van der Waals surface area contributed by atoms with Crippen molar-refractivity contribution in [3.63, 3.8) is 0 Å². The van der Waals surface area contributed by atoms with E-state index in [-0.39, 0.29) is 23.6 Å². The van der Waals surface area contributed by atoms with Gasteiger partial charge in [-0.05, 0) is 43.5 Å². The van der Waals surface area contributed by atoms with Crippen molar-refractivity contribution in [2.24, 2.45) is 5.92 Å². The third-order valence-corrected chi connectivity index (χ3v) is 4.50. The molecule has 0 bridgehead atoms. The van der Waals surface area contributed by atoms with E-state index in [2.05, 4.69) is 10.6 Å². The van der Waals surface area contributed by atoms with Gasteiger partial charge in [-0.25, -0.2) is 4.39 Å². The van der Waals surface area contributed by atoms with Crippen molar-refractivity contribution < 1.29 is 18.8 Å². The summed E-state index contributed by atoms with van der Waals surface area (Å²) in [6.45, 7) is 3.86. The molecule has 0 aromatic heterocycles. The van der Waals surface area contributed by atoms with Crippen molar-refractivity contribution >= 4 is 17.7 Å². The van der Waals surface area contributed by atoms with Crippen LogP contribution in [0.2, 0.25) is 0 Å². The largest absolute Gasteiger partial charge is 0.354 e. The van der Waals surface area contributed by atoms with Gasteiger partial charge in [0.05, 0.1) is 0 Å². The lowest BCUT2D eigenvalue weighted by atomic mass is 9.95. The molecule has 2 N–H and O–H groups in total. The van der Waals surface area contributed by atoms with Crippen molar-refractivity contribution in [3.05, 3.63) is 35.6 Å². The maximum absolute atomic E-state index is 12.8. The number of carbonyl (C=O) groups is 3. The highest BCUT2D eigenvalue weighted by atomic mass is 19.1. The minimum atomic E-state index is -0.392. The first-order valence-corrected chi connectivity index (χ1v) is 9.10. The zero-order valence-corrected chi connectivity index (χ0v) is 15.1. The van der Waals surface area contributed by atoms with Crippen LogP contribution in [-0.4, -0.2) is 48.8 Å². The van der Waals surface area contributed by atoms with Gasteiger partial charge in [0.15, 0.2) is 0 Å². The Morgan fingerprint density at radius 2 is 1.69 bits per heavy atom. The molecule has 3 amide bonds. The van der Waals surface area contributed by atoms with Crippen molar-refractivity contribution in [2.75, 3.05) is 26.2 Å². The third-order valence-electron chi connectivity index (χ3n) is 4.50. The van der Waals surface area contributed by atoms with Crippen molar-refractivity contribution in [1.82, 2.24) is 15.5 Å². The second-order valence-electron chi connectivity index (χ2n) is 6.46. The van der Waals surface area contributed by atoms with E-state index < -0.39 is 5.82 Å². The minimum absolute atomic E-state index is 0.0383. The maximum Gasteiger partial charge on any atom is 0.251 e. The minimum Gasteiger partial charge on any atom is -0.354 e. The third kappa shape index (κ3) is 5.82. The number of nitrogens with one attached hydrogen (secondary N) is 2. The van der Waals surface area contributed by atoms with Crippen molar-refractivity contribution in [3.8, 4) is 0 Å². The topological polar surface area (TPSA) is 78.5 Å². The van der Waals surface area contributed by atoms with E-state index in [1.54, 1.807) is 0 Å². The number of nitrogens with zero attached hydrogens (tertiary/aromatic N) is 1. The zero-order chi connectivity index (χ0) is 18.9. The summed E-state index contributed by atoms with van der Waals surface area (Å²) in [5, 5.41) is 5.50. The van der Waals surface area contributed by atoms with Gasteiger partial charge in [0.1, 0.15) is 5.82 Å². The molecule has 0 aliphatic carbocycles. The van der Waals surface area contributed by atoms with E-state index in [1.165, 1.54) is 24.3 Å². The van der Waals surface area contributed by atoms with Crippen molar-refractivity contribution in [2.45, 2.75) is 32.6 Å².